The first kappa shape index (κ1) is 30.1. The number of anilines is 2. The van der Waals surface area contributed by atoms with E-state index in [-0.39, 0.29) is 45.4 Å². The summed E-state index contributed by atoms with van der Waals surface area (Å²) in [5.74, 6) is -2.59. The van der Waals surface area contributed by atoms with Crippen LogP contribution in [0.1, 0.15) is 23.7 Å². The summed E-state index contributed by atoms with van der Waals surface area (Å²) in [4.78, 5) is 71.7. The number of hydrogen-bond acceptors (Lipinski definition) is 12. The van der Waals surface area contributed by atoms with Crippen LogP contribution in [0.3, 0.4) is 0 Å². The van der Waals surface area contributed by atoms with Crippen LogP contribution in [-0.4, -0.2) is 79.5 Å². The molecule has 2 unspecified atom stereocenters. The van der Waals surface area contributed by atoms with Crippen molar-refractivity contribution in [3.63, 3.8) is 0 Å². The average molecular weight is 619 g/mol. The van der Waals surface area contributed by atoms with Crippen LogP contribution in [0, 0.1) is 6.92 Å². The van der Waals surface area contributed by atoms with Gasteiger partial charge in [0.05, 0.1) is 5.75 Å². The number of carbonyl (C=O) groups is 5. The molecular weight excluding hydrogens is 593 g/mol. The summed E-state index contributed by atoms with van der Waals surface area (Å²) in [7, 11) is 1.26. The molecule has 5 N–H and O–H groups in total. The van der Waals surface area contributed by atoms with Gasteiger partial charge in [0.15, 0.2) is 16.0 Å². The molecule has 3 amide bonds. The van der Waals surface area contributed by atoms with E-state index in [0.717, 1.165) is 34.2 Å². The summed E-state index contributed by atoms with van der Waals surface area (Å²) in [5, 5.41) is 20.1. The molecule has 4 rings (SSSR count). The van der Waals surface area contributed by atoms with Gasteiger partial charge in [-0.3, -0.25) is 24.1 Å². The predicted molar refractivity (Wildman–Crippen MR) is 156 cm³/mol. The van der Waals surface area contributed by atoms with Gasteiger partial charge in [0.25, 0.3) is 11.8 Å². The predicted octanol–water partition coefficient (Wildman–Crippen LogP) is 1.58. The number of nitrogens with zero attached hydrogens (tertiary/aromatic N) is 3. The largest absolute Gasteiger partial charge is 0.477 e. The highest BCUT2D eigenvalue weighted by Crippen LogP contribution is 2.41. The van der Waals surface area contributed by atoms with Gasteiger partial charge in [-0.25, -0.2) is 9.78 Å². The normalized spacial score (nSPS) is 18.4. The van der Waals surface area contributed by atoms with E-state index >= 15 is 0 Å². The van der Waals surface area contributed by atoms with Gasteiger partial charge < -0.3 is 26.3 Å². The van der Waals surface area contributed by atoms with Crippen LogP contribution in [0.15, 0.2) is 40.0 Å². The van der Waals surface area contributed by atoms with Gasteiger partial charge in [0.1, 0.15) is 29.9 Å². The molecule has 0 spiro atoms. The van der Waals surface area contributed by atoms with E-state index in [4.69, 9.17) is 10.6 Å². The van der Waals surface area contributed by atoms with Crippen LogP contribution < -0.4 is 16.4 Å². The number of thioether (sulfide) groups is 2. The minimum atomic E-state index is -1.26. The SMILES string of the molecule is CON=C(C(=O)NC1C(=O)N2C(C(=O)O)=C(Cc3cc(NC(=O)CSC(C)=O)ccc3C)CSC12)c1csc(N)n1. The Labute approximate surface area is 246 Å². The van der Waals surface area contributed by atoms with Crippen molar-refractivity contribution >= 4 is 80.2 Å². The number of thiazole rings is 1. The van der Waals surface area contributed by atoms with Crippen molar-refractivity contribution in [3.8, 4) is 0 Å². The van der Waals surface area contributed by atoms with E-state index in [1.807, 2.05) is 6.92 Å². The standard InChI is InChI=1S/C25H26N6O7S3/c1-11-4-5-15(27-17(33)10-39-12(2)32)7-13(11)6-14-8-40-23-19(22(35)31(23)20(14)24(36)37)29-21(34)18(30-38-3)16-9-41-25(26)28-16/h4-5,7,9,19,23H,6,8,10H2,1-3H3,(H2,26,28)(H,27,33)(H,29,34)(H,36,37). The number of aryl methyl sites for hydroxylation is 1. The fourth-order valence-corrected chi connectivity index (χ4v) is 6.55. The van der Waals surface area contributed by atoms with Crippen LogP contribution in [0.25, 0.3) is 0 Å². The zero-order chi connectivity index (χ0) is 29.8. The Morgan fingerprint density at radius 1 is 1.32 bits per heavy atom. The Hall–Kier alpha value is -3.89. The minimum Gasteiger partial charge on any atom is -0.477 e. The molecule has 1 fully saturated rings. The smallest absolute Gasteiger partial charge is 0.352 e. The topological polar surface area (TPSA) is 193 Å². The first-order chi connectivity index (χ1) is 19.5. The summed E-state index contributed by atoms with van der Waals surface area (Å²) >= 11 is 3.34. The molecular formula is C25H26N6O7S3. The van der Waals surface area contributed by atoms with E-state index in [1.165, 1.54) is 36.1 Å². The van der Waals surface area contributed by atoms with Crippen LogP contribution in [-0.2, 0) is 35.2 Å². The molecule has 216 valence electrons. The summed E-state index contributed by atoms with van der Waals surface area (Å²) in [6, 6.07) is 4.30. The molecule has 2 aliphatic rings. The van der Waals surface area contributed by atoms with Crippen molar-refractivity contribution in [3.05, 3.63) is 51.7 Å². The maximum Gasteiger partial charge on any atom is 0.352 e. The highest BCUT2D eigenvalue weighted by atomic mass is 32.2. The maximum atomic E-state index is 13.1. The van der Waals surface area contributed by atoms with Crippen LogP contribution in [0.4, 0.5) is 10.8 Å². The van der Waals surface area contributed by atoms with Gasteiger partial charge in [-0.1, -0.05) is 23.0 Å². The molecule has 1 aromatic heterocycles. The van der Waals surface area contributed by atoms with Gasteiger partial charge in [0, 0.05) is 23.7 Å². The Morgan fingerprint density at radius 3 is 2.71 bits per heavy atom. The van der Waals surface area contributed by atoms with Gasteiger partial charge in [-0.05, 0) is 42.2 Å². The molecule has 2 atom stereocenters. The third-order valence-corrected chi connectivity index (χ3v) is 8.97. The Morgan fingerprint density at radius 2 is 2.07 bits per heavy atom. The molecule has 0 bridgehead atoms. The van der Waals surface area contributed by atoms with Gasteiger partial charge in [-0.2, -0.15) is 0 Å². The quantitative estimate of drug-likeness (QED) is 0.172. The van der Waals surface area contributed by atoms with E-state index in [0.29, 0.717) is 17.0 Å². The summed E-state index contributed by atoms with van der Waals surface area (Å²) in [6.07, 6.45) is 0.232. The molecule has 2 aromatic rings. The van der Waals surface area contributed by atoms with E-state index in [1.54, 1.807) is 18.2 Å². The fourth-order valence-electron chi connectivity index (χ4n) is 4.25. The summed E-state index contributed by atoms with van der Waals surface area (Å²) < 4.78 is 0. The number of aromatic nitrogens is 1. The number of nitrogen functional groups attached to an aromatic ring is 1. The molecule has 13 nitrogen and oxygen atoms in total. The van der Waals surface area contributed by atoms with Crippen LogP contribution in [0.2, 0.25) is 0 Å². The molecule has 3 heterocycles. The zero-order valence-corrected chi connectivity index (χ0v) is 24.6. The highest BCUT2D eigenvalue weighted by molar-refractivity contribution is 8.14. The van der Waals surface area contributed by atoms with Crippen molar-refractivity contribution in [1.29, 1.82) is 0 Å². The lowest BCUT2D eigenvalue weighted by molar-refractivity contribution is -0.150. The van der Waals surface area contributed by atoms with Crippen LogP contribution in [0.5, 0.6) is 0 Å². The number of nitrogens with one attached hydrogen (secondary N) is 2. The number of aliphatic carboxylic acids is 1. The highest BCUT2D eigenvalue weighted by Gasteiger charge is 2.54. The third kappa shape index (κ3) is 6.71. The van der Waals surface area contributed by atoms with Crippen molar-refractivity contribution < 1.29 is 33.9 Å². The Balaban J connectivity index is 1.51. The van der Waals surface area contributed by atoms with E-state index in [9.17, 15) is 29.1 Å². The first-order valence-corrected chi connectivity index (χ1v) is 15.0. The molecule has 41 heavy (non-hydrogen) atoms. The monoisotopic (exact) mass is 618 g/mol. The number of nitrogens with two attached hydrogens (primary N) is 1. The van der Waals surface area contributed by atoms with E-state index < -0.39 is 29.2 Å². The number of amides is 3. The van der Waals surface area contributed by atoms with Crippen LogP contribution >= 0.6 is 34.9 Å². The maximum absolute atomic E-state index is 13.1. The summed E-state index contributed by atoms with van der Waals surface area (Å²) in [6.45, 7) is 3.25. The molecule has 1 saturated heterocycles. The van der Waals surface area contributed by atoms with Gasteiger partial charge in [0.2, 0.25) is 5.91 Å². The Bertz CT molecular complexity index is 1490. The Kier molecular flexibility index (Phi) is 9.35. The van der Waals surface area contributed by atoms with Crippen molar-refractivity contribution in [2.24, 2.45) is 5.16 Å². The van der Waals surface area contributed by atoms with Crippen molar-refractivity contribution in [1.82, 2.24) is 15.2 Å². The summed E-state index contributed by atoms with van der Waals surface area (Å²) in [5.41, 5.74) is 8.23. The second kappa shape index (κ2) is 12.7. The number of rotatable bonds is 10. The lowest BCUT2D eigenvalue weighted by atomic mass is 9.96. The minimum absolute atomic E-state index is 0.0175. The molecule has 2 aliphatic heterocycles. The molecule has 0 aliphatic carbocycles. The van der Waals surface area contributed by atoms with Crippen molar-refractivity contribution in [2.45, 2.75) is 31.7 Å². The van der Waals surface area contributed by atoms with Gasteiger partial charge >= 0.3 is 5.97 Å². The first-order valence-electron chi connectivity index (χ1n) is 12.1. The number of carboxylic acid groups (broad SMARTS) is 1. The lowest BCUT2D eigenvalue weighted by Gasteiger charge is -2.49. The van der Waals surface area contributed by atoms with Crippen molar-refractivity contribution in [2.75, 3.05) is 29.7 Å². The second-order valence-electron chi connectivity index (χ2n) is 8.96. The third-order valence-electron chi connectivity index (χ3n) is 6.14. The number of β-lactam (4-membered cyclic amide) rings is 1. The molecule has 1 aromatic carbocycles. The number of fused-ring (bicyclic) bond motifs is 1. The number of hydrogen-bond donors (Lipinski definition) is 4. The molecule has 0 radical (unpaired) electrons. The van der Waals surface area contributed by atoms with E-state index in [2.05, 4.69) is 20.8 Å². The number of oxime groups is 1. The number of carbonyl (C=O) groups excluding carboxylic acids is 4. The second-order valence-corrected chi connectivity index (χ2v) is 12.1. The average Bonchev–Trinajstić information content (AvgIpc) is 3.36. The van der Waals surface area contributed by atoms with Gasteiger partial charge in [-0.15, -0.1) is 23.1 Å². The molecule has 16 heteroatoms. The number of benzene rings is 1. The molecule has 0 saturated carbocycles. The number of carboxylic acids is 1. The zero-order valence-electron chi connectivity index (χ0n) is 22.1. The fraction of sp³-hybridized carbons (Fsp3) is 0.320. The lowest BCUT2D eigenvalue weighted by Crippen LogP contribution is -2.71.